The molecule has 2 nitrogen and oxygen atoms in total. The van der Waals surface area contributed by atoms with Gasteiger partial charge in [-0.1, -0.05) is 0 Å². The van der Waals surface area contributed by atoms with Crippen molar-refractivity contribution >= 4 is 0 Å². The van der Waals surface area contributed by atoms with Gasteiger partial charge in [-0.15, -0.1) is 0 Å². The van der Waals surface area contributed by atoms with Gasteiger partial charge in [-0.05, 0) is 13.8 Å². The highest BCUT2D eigenvalue weighted by atomic mass is 15.2. The maximum atomic E-state index is 2.28. The highest BCUT2D eigenvalue weighted by molar-refractivity contribution is 4.35. The molecule has 2 N–H and O–H groups in total. The van der Waals surface area contributed by atoms with Gasteiger partial charge in [0.2, 0.25) is 0 Å². The first-order valence-electron chi connectivity index (χ1n) is 4.54. The summed E-state index contributed by atoms with van der Waals surface area (Å²) < 4.78 is 0. The third-order valence-corrected chi connectivity index (χ3v) is 2.66. The molecule has 0 radical (unpaired) electrons. The fourth-order valence-corrected chi connectivity index (χ4v) is 1.66. The van der Waals surface area contributed by atoms with E-state index in [0.717, 1.165) is 0 Å². The van der Waals surface area contributed by atoms with Crippen molar-refractivity contribution in [2.24, 2.45) is 0 Å². The van der Waals surface area contributed by atoms with Crippen LogP contribution in [0, 0.1) is 0 Å². The third kappa shape index (κ3) is 1.96. The molecule has 1 aliphatic rings. The largest absolute Gasteiger partial charge is 0.326 e. The van der Waals surface area contributed by atoms with Crippen LogP contribution in [0.15, 0.2) is 0 Å². The molecule has 0 aliphatic carbocycles. The number of hydrogen-bond donors (Lipinski definition) is 2. The highest BCUT2D eigenvalue weighted by Crippen LogP contribution is 1.58. The van der Waals surface area contributed by atoms with Gasteiger partial charge in [0.1, 0.15) is 26.2 Å². The molecule has 1 saturated heterocycles. The number of likely N-dealkylation sites (N-methyl/N-ethyl adjacent to an activating group) is 2. The van der Waals surface area contributed by atoms with Crippen LogP contribution in [0.25, 0.3) is 0 Å². The summed E-state index contributed by atoms with van der Waals surface area (Å²) in [5.74, 6) is 0. The average Bonchev–Trinajstić information content (AvgIpc) is 2.05. The average molecular weight is 144 g/mol. The number of rotatable bonds is 2. The number of nitrogens with one attached hydrogen (secondary N) is 2. The first-order chi connectivity index (χ1) is 4.86. The van der Waals surface area contributed by atoms with Gasteiger partial charge >= 0.3 is 0 Å². The van der Waals surface area contributed by atoms with E-state index < -0.39 is 0 Å². The molecule has 2 heteroatoms. The lowest BCUT2D eigenvalue weighted by molar-refractivity contribution is -1.01. The van der Waals surface area contributed by atoms with Crippen LogP contribution in [0.1, 0.15) is 13.8 Å². The van der Waals surface area contributed by atoms with E-state index >= 15 is 0 Å². The van der Waals surface area contributed by atoms with Crippen molar-refractivity contribution in [3.05, 3.63) is 0 Å². The quantitative estimate of drug-likeness (QED) is 0.436. The second-order valence-electron chi connectivity index (χ2n) is 3.21. The summed E-state index contributed by atoms with van der Waals surface area (Å²) in [7, 11) is 0. The minimum Gasteiger partial charge on any atom is -0.326 e. The van der Waals surface area contributed by atoms with Gasteiger partial charge < -0.3 is 9.80 Å². The van der Waals surface area contributed by atoms with Gasteiger partial charge in [-0.3, -0.25) is 0 Å². The maximum Gasteiger partial charge on any atom is 0.127 e. The van der Waals surface area contributed by atoms with Crippen molar-refractivity contribution in [1.82, 2.24) is 0 Å². The summed E-state index contributed by atoms with van der Waals surface area (Å²) in [6.45, 7) is 12.8. The molecule has 0 aromatic carbocycles. The Bertz CT molecular complexity index is 73.3. The molecule has 1 rings (SSSR count). The molecule has 0 aromatic heterocycles. The molecule has 0 saturated carbocycles. The molecule has 0 unspecified atom stereocenters. The molecular formula is C8H20N2+2. The predicted molar refractivity (Wildman–Crippen MR) is 42.5 cm³/mol. The lowest BCUT2D eigenvalue weighted by Gasteiger charge is -2.27. The standard InChI is InChI=1S/C8H18N2/c1-3-9-5-7-10(4-2)8-6-9/h3-8H2,1-2H3/p+2. The van der Waals surface area contributed by atoms with E-state index in [1.807, 2.05) is 0 Å². The van der Waals surface area contributed by atoms with Crippen LogP contribution >= 0.6 is 0 Å². The number of hydrogen-bond acceptors (Lipinski definition) is 0. The second kappa shape index (κ2) is 3.94. The van der Waals surface area contributed by atoms with Gasteiger partial charge in [0.15, 0.2) is 0 Å². The van der Waals surface area contributed by atoms with E-state index in [1.165, 1.54) is 39.3 Å². The van der Waals surface area contributed by atoms with Gasteiger partial charge in [0, 0.05) is 0 Å². The van der Waals surface area contributed by atoms with Crippen LogP contribution in [0.4, 0.5) is 0 Å². The lowest BCUT2D eigenvalue weighted by atomic mass is 10.3. The lowest BCUT2D eigenvalue weighted by Crippen LogP contribution is -3.27. The van der Waals surface area contributed by atoms with Crippen molar-refractivity contribution in [3.63, 3.8) is 0 Å². The Hall–Kier alpha value is -0.0800. The molecule has 60 valence electrons. The van der Waals surface area contributed by atoms with Crippen molar-refractivity contribution in [2.75, 3.05) is 39.3 Å². The van der Waals surface area contributed by atoms with E-state index in [0.29, 0.717) is 0 Å². The van der Waals surface area contributed by atoms with Crippen LogP contribution in [-0.2, 0) is 0 Å². The van der Waals surface area contributed by atoms with Crippen LogP contribution in [0.2, 0.25) is 0 Å². The van der Waals surface area contributed by atoms with E-state index in [-0.39, 0.29) is 0 Å². The van der Waals surface area contributed by atoms with Crippen LogP contribution < -0.4 is 9.80 Å². The molecule has 0 spiro atoms. The summed E-state index contributed by atoms with van der Waals surface area (Å²) >= 11 is 0. The molecule has 1 aliphatic heterocycles. The SMILES string of the molecule is CC[NH+]1CC[NH+](CC)CC1. The Morgan fingerprint density at radius 3 is 1.30 bits per heavy atom. The summed E-state index contributed by atoms with van der Waals surface area (Å²) in [5, 5.41) is 0. The fraction of sp³-hybridized carbons (Fsp3) is 1.00. The van der Waals surface area contributed by atoms with Crippen LogP contribution in [0.5, 0.6) is 0 Å². The van der Waals surface area contributed by atoms with Gasteiger partial charge in [-0.2, -0.15) is 0 Å². The zero-order valence-corrected chi connectivity index (χ0v) is 7.24. The number of quaternary nitrogens is 2. The molecule has 0 atom stereocenters. The Balaban J connectivity index is 2.17. The van der Waals surface area contributed by atoms with Crippen molar-refractivity contribution < 1.29 is 9.80 Å². The Labute approximate surface area is 63.8 Å². The molecular weight excluding hydrogens is 124 g/mol. The molecule has 0 amide bonds. The van der Waals surface area contributed by atoms with Crippen molar-refractivity contribution in [2.45, 2.75) is 13.8 Å². The third-order valence-electron chi connectivity index (χ3n) is 2.66. The first-order valence-corrected chi connectivity index (χ1v) is 4.54. The fourth-order valence-electron chi connectivity index (χ4n) is 1.66. The monoisotopic (exact) mass is 144 g/mol. The predicted octanol–water partition coefficient (Wildman–Crippen LogP) is -2.19. The first kappa shape index (κ1) is 8.02. The normalized spacial score (nSPS) is 34.2. The zero-order valence-electron chi connectivity index (χ0n) is 7.24. The summed E-state index contributed by atoms with van der Waals surface area (Å²) in [5.41, 5.74) is 0. The highest BCUT2D eigenvalue weighted by Gasteiger charge is 2.19. The number of piperazine rings is 1. The molecule has 0 aromatic rings. The van der Waals surface area contributed by atoms with Gasteiger partial charge in [0.25, 0.3) is 0 Å². The maximum absolute atomic E-state index is 2.28. The summed E-state index contributed by atoms with van der Waals surface area (Å²) in [6, 6.07) is 0. The Kier molecular flexibility index (Phi) is 3.16. The summed E-state index contributed by atoms with van der Waals surface area (Å²) in [4.78, 5) is 3.58. The minimum absolute atomic E-state index is 1.32. The smallest absolute Gasteiger partial charge is 0.127 e. The van der Waals surface area contributed by atoms with Crippen LogP contribution in [-0.4, -0.2) is 39.3 Å². The second-order valence-corrected chi connectivity index (χ2v) is 3.21. The van der Waals surface area contributed by atoms with E-state index in [9.17, 15) is 0 Å². The van der Waals surface area contributed by atoms with Crippen molar-refractivity contribution in [1.29, 1.82) is 0 Å². The van der Waals surface area contributed by atoms with E-state index in [1.54, 1.807) is 9.80 Å². The van der Waals surface area contributed by atoms with Crippen LogP contribution in [0.3, 0.4) is 0 Å². The topological polar surface area (TPSA) is 8.88 Å². The van der Waals surface area contributed by atoms with E-state index in [2.05, 4.69) is 13.8 Å². The minimum atomic E-state index is 1.32. The molecule has 0 bridgehead atoms. The Morgan fingerprint density at radius 2 is 1.10 bits per heavy atom. The zero-order chi connectivity index (χ0) is 7.40. The Morgan fingerprint density at radius 1 is 0.800 bits per heavy atom. The van der Waals surface area contributed by atoms with Gasteiger partial charge in [0.05, 0.1) is 13.1 Å². The molecule has 10 heavy (non-hydrogen) atoms. The molecule has 1 fully saturated rings. The molecule has 1 heterocycles. The van der Waals surface area contributed by atoms with Gasteiger partial charge in [-0.25, -0.2) is 0 Å². The summed E-state index contributed by atoms with van der Waals surface area (Å²) in [6.07, 6.45) is 0. The van der Waals surface area contributed by atoms with E-state index in [4.69, 9.17) is 0 Å². The van der Waals surface area contributed by atoms with Crippen molar-refractivity contribution in [3.8, 4) is 0 Å².